The smallest absolute Gasteiger partial charge is 0.393 e. The Kier molecular flexibility index (Phi) is 5.30. The summed E-state index contributed by atoms with van der Waals surface area (Å²) in [5, 5.41) is 13.3. The summed E-state index contributed by atoms with van der Waals surface area (Å²) in [6.07, 6.45) is -0.401. The Balaban J connectivity index is 1.74. The normalized spacial score (nSPS) is 15.7. The van der Waals surface area contributed by atoms with Crippen molar-refractivity contribution in [1.82, 2.24) is 15.0 Å². The SMILES string of the molecule is OC1CCN(c2nc(Nc3cc(Br)cc(C(F)(F)F)c3)c3cnccc3n2)CC1. The summed E-state index contributed by atoms with van der Waals surface area (Å²) < 4.78 is 39.8. The number of piperidine rings is 1. The maximum atomic E-state index is 13.2. The highest BCUT2D eigenvalue weighted by atomic mass is 79.9. The van der Waals surface area contributed by atoms with E-state index in [2.05, 4.69) is 36.2 Å². The van der Waals surface area contributed by atoms with Crippen LogP contribution in [0, 0.1) is 0 Å². The van der Waals surface area contributed by atoms with Gasteiger partial charge in [-0.25, -0.2) is 4.98 Å². The third-order valence-electron chi connectivity index (χ3n) is 4.72. The molecule has 6 nitrogen and oxygen atoms in total. The molecule has 0 bridgehead atoms. The number of aliphatic hydroxyl groups is 1. The Hall–Kier alpha value is -2.46. The first-order valence-corrected chi connectivity index (χ1v) is 9.78. The number of pyridine rings is 1. The van der Waals surface area contributed by atoms with Gasteiger partial charge in [-0.05, 0) is 37.1 Å². The summed E-state index contributed by atoms with van der Waals surface area (Å²) in [6.45, 7) is 1.21. The van der Waals surface area contributed by atoms with Crippen LogP contribution in [0.1, 0.15) is 18.4 Å². The van der Waals surface area contributed by atoms with Gasteiger partial charge in [0.25, 0.3) is 0 Å². The highest BCUT2D eigenvalue weighted by Gasteiger charge is 2.31. The van der Waals surface area contributed by atoms with Gasteiger partial charge in [-0.15, -0.1) is 0 Å². The first-order valence-electron chi connectivity index (χ1n) is 8.99. The van der Waals surface area contributed by atoms with Crippen molar-refractivity contribution < 1.29 is 18.3 Å². The van der Waals surface area contributed by atoms with E-state index in [0.717, 1.165) is 12.1 Å². The molecule has 1 aliphatic rings. The summed E-state index contributed by atoms with van der Waals surface area (Å²) >= 11 is 3.13. The summed E-state index contributed by atoms with van der Waals surface area (Å²) in [7, 11) is 0. The van der Waals surface area contributed by atoms with Gasteiger partial charge in [0.05, 0.1) is 22.6 Å². The molecule has 1 fully saturated rings. The van der Waals surface area contributed by atoms with Gasteiger partial charge in [0.2, 0.25) is 5.95 Å². The number of nitrogens with zero attached hydrogens (tertiary/aromatic N) is 4. The van der Waals surface area contributed by atoms with Crippen LogP contribution in [0.25, 0.3) is 10.9 Å². The van der Waals surface area contributed by atoms with E-state index in [1.807, 2.05) is 4.90 Å². The molecule has 0 amide bonds. The lowest BCUT2D eigenvalue weighted by Gasteiger charge is -2.30. The molecule has 1 aromatic carbocycles. The van der Waals surface area contributed by atoms with Crippen molar-refractivity contribution in [3.8, 4) is 0 Å². The number of hydrogen-bond donors (Lipinski definition) is 2. The third kappa shape index (κ3) is 4.43. The third-order valence-corrected chi connectivity index (χ3v) is 5.18. The Labute approximate surface area is 172 Å². The number of anilines is 3. The molecule has 0 saturated carbocycles. The zero-order valence-corrected chi connectivity index (χ0v) is 16.7. The van der Waals surface area contributed by atoms with Gasteiger partial charge in [0.1, 0.15) is 5.82 Å². The van der Waals surface area contributed by atoms with E-state index < -0.39 is 11.7 Å². The molecule has 0 atom stereocenters. The van der Waals surface area contributed by atoms with Crippen molar-refractivity contribution in [1.29, 1.82) is 0 Å². The van der Waals surface area contributed by atoms with Gasteiger partial charge in [0.15, 0.2) is 0 Å². The fraction of sp³-hybridized carbons (Fsp3) is 0.316. The molecular formula is C19H17BrF3N5O. The van der Waals surface area contributed by atoms with Crippen LogP contribution >= 0.6 is 15.9 Å². The molecule has 3 heterocycles. The maximum absolute atomic E-state index is 13.2. The zero-order chi connectivity index (χ0) is 20.6. The van der Waals surface area contributed by atoms with Crippen molar-refractivity contribution in [2.45, 2.75) is 25.1 Å². The van der Waals surface area contributed by atoms with Crippen LogP contribution in [0.4, 0.5) is 30.6 Å². The summed E-state index contributed by atoms with van der Waals surface area (Å²) in [6, 6.07) is 5.34. The Morgan fingerprint density at radius 3 is 2.62 bits per heavy atom. The number of fused-ring (bicyclic) bond motifs is 1. The zero-order valence-electron chi connectivity index (χ0n) is 15.1. The van der Waals surface area contributed by atoms with E-state index in [1.54, 1.807) is 24.5 Å². The van der Waals surface area contributed by atoms with E-state index >= 15 is 0 Å². The van der Waals surface area contributed by atoms with Crippen molar-refractivity contribution in [2.75, 3.05) is 23.3 Å². The number of nitrogens with one attached hydrogen (secondary N) is 1. The molecular weight excluding hydrogens is 451 g/mol. The summed E-state index contributed by atoms with van der Waals surface area (Å²) in [5.41, 5.74) is 0.108. The average molecular weight is 468 g/mol. The minimum atomic E-state index is -4.46. The fourth-order valence-corrected chi connectivity index (χ4v) is 3.72. The molecule has 0 aliphatic carbocycles. The van der Waals surface area contributed by atoms with Gasteiger partial charge < -0.3 is 15.3 Å². The van der Waals surface area contributed by atoms with Gasteiger partial charge in [-0.1, -0.05) is 15.9 Å². The topological polar surface area (TPSA) is 74.2 Å². The second kappa shape index (κ2) is 7.75. The number of aromatic nitrogens is 3. The van der Waals surface area contributed by atoms with Gasteiger partial charge in [-0.2, -0.15) is 18.2 Å². The van der Waals surface area contributed by atoms with Crippen LogP contribution < -0.4 is 10.2 Å². The standard InChI is InChI=1S/C19H17BrF3N5O/c20-12-7-11(19(21,22)23)8-13(9-12)25-17-15-10-24-4-1-16(15)26-18(27-17)28-5-2-14(29)3-6-28/h1,4,7-10,14,29H,2-3,5-6H2,(H,25,26,27). The lowest BCUT2D eigenvalue weighted by Crippen LogP contribution is -2.36. The predicted octanol–water partition coefficient (Wildman–Crippen LogP) is 4.51. The first-order chi connectivity index (χ1) is 13.8. The lowest BCUT2D eigenvalue weighted by atomic mass is 10.1. The Morgan fingerprint density at radius 2 is 1.90 bits per heavy atom. The quantitative estimate of drug-likeness (QED) is 0.590. The second-order valence-electron chi connectivity index (χ2n) is 6.83. The molecule has 1 aliphatic heterocycles. The number of rotatable bonds is 3. The lowest BCUT2D eigenvalue weighted by molar-refractivity contribution is -0.137. The molecule has 0 unspecified atom stereocenters. The molecule has 3 aromatic rings. The van der Waals surface area contributed by atoms with Crippen molar-refractivity contribution in [2.24, 2.45) is 0 Å². The number of alkyl halides is 3. The second-order valence-corrected chi connectivity index (χ2v) is 7.75. The number of benzene rings is 1. The molecule has 0 spiro atoms. The van der Waals surface area contributed by atoms with Gasteiger partial charge in [-0.3, -0.25) is 4.98 Å². The molecule has 2 aromatic heterocycles. The molecule has 29 heavy (non-hydrogen) atoms. The van der Waals surface area contributed by atoms with Crippen molar-refractivity contribution in [3.05, 3.63) is 46.7 Å². The molecule has 4 rings (SSSR count). The van der Waals surface area contributed by atoms with Crippen molar-refractivity contribution in [3.63, 3.8) is 0 Å². The number of halogens is 4. The predicted molar refractivity (Wildman–Crippen MR) is 107 cm³/mol. The van der Waals surface area contributed by atoms with Crippen molar-refractivity contribution >= 4 is 44.3 Å². The minimum absolute atomic E-state index is 0.246. The summed E-state index contributed by atoms with van der Waals surface area (Å²) in [5.74, 6) is 0.833. The number of aliphatic hydroxyl groups excluding tert-OH is 1. The first kappa shape index (κ1) is 19.8. The molecule has 2 N–H and O–H groups in total. The highest BCUT2D eigenvalue weighted by Crippen LogP contribution is 2.35. The van der Waals surface area contributed by atoms with E-state index in [4.69, 9.17) is 0 Å². The number of hydrogen-bond acceptors (Lipinski definition) is 6. The van der Waals surface area contributed by atoms with Crippen LogP contribution in [0.2, 0.25) is 0 Å². The van der Waals surface area contributed by atoms with Gasteiger partial charge in [0, 0.05) is 35.6 Å². The molecule has 10 heteroatoms. The molecule has 0 radical (unpaired) electrons. The minimum Gasteiger partial charge on any atom is -0.393 e. The highest BCUT2D eigenvalue weighted by molar-refractivity contribution is 9.10. The maximum Gasteiger partial charge on any atom is 0.416 e. The molecule has 1 saturated heterocycles. The van der Waals surface area contributed by atoms with E-state index in [0.29, 0.717) is 53.1 Å². The van der Waals surface area contributed by atoms with Gasteiger partial charge >= 0.3 is 6.18 Å². The Bertz CT molecular complexity index is 1040. The van der Waals surface area contributed by atoms with E-state index in [1.165, 1.54) is 0 Å². The molecule has 152 valence electrons. The van der Waals surface area contributed by atoms with Crippen LogP contribution in [0.5, 0.6) is 0 Å². The van der Waals surface area contributed by atoms with Crippen LogP contribution in [-0.2, 0) is 6.18 Å². The van der Waals surface area contributed by atoms with E-state index in [9.17, 15) is 18.3 Å². The summed E-state index contributed by atoms with van der Waals surface area (Å²) in [4.78, 5) is 15.2. The largest absolute Gasteiger partial charge is 0.416 e. The monoisotopic (exact) mass is 467 g/mol. The van der Waals surface area contributed by atoms with Crippen LogP contribution in [0.15, 0.2) is 41.1 Å². The van der Waals surface area contributed by atoms with E-state index in [-0.39, 0.29) is 11.8 Å². The average Bonchev–Trinajstić information content (AvgIpc) is 2.67. The fourth-order valence-electron chi connectivity index (χ4n) is 3.22. The van der Waals surface area contributed by atoms with Crippen LogP contribution in [-0.4, -0.2) is 39.3 Å². The Morgan fingerprint density at radius 1 is 1.14 bits per heavy atom. The van der Waals surface area contributed by atoms with Crippen LogP contribution in [0.3, 0.4) is 0 Å².